The molecule has 0 aromatic heterocycles. The lowest BCUT2D eigenvalue weighted by molar-refractivity contribution is -0.139. The summed E-state index contributed by atoms with van der Waals surface area (Å²) < 4.78 is 4.83. The number of carbonyl (C=O) groups excluding carboxylic acids is 1. The molecule has 0 unspecified atom stereocenters. The van der Waals surface area contributed by atoms with E-state index >= 15 is 0 Å². The van der Waals surface area contributed by atoms with Crippen molar-refractivity contribution >= 4 is 17.6 Å². The van der Waals surface area contributed by atoms with E-state index in [-0.39, 0.29) is 5.97 Å². The second kappa shape index (κ2) is 20.5. The fraction of sp³-hybridized carbons (Fsp3) is 0.850. The molecule has 0 bridgehead atoms. The van der Waals surface area contributed by atoms with Gasteiger partial charge in [0.2, 0.25) is 0 Å². The lowest BCUT2D eigenvalue weighted by Gasteiger charge is -2.09. The van der Waals surface area contributed by atoms with Crippen LogP contribution in [0, 0.1) is 0 Å². The van der Waals surface area contributed by atoms with E-state index in [0.717, 1.165) is 12.4 Å². The summed E-state index contributed by atoms with van der Waals surface area (Å²) in [6.07, 6.45) is 13.9. The summed E-state index contributed by atoms with van der Waals surface area (Å²) >= 11 is 5.60. The van der Waals surface area contributed by atoms with Gasteiger partial charge in [0, 0.05) is 18.0 Å². The molecule has 3 nitrogen and oxygen atoms in total. The van der Waals surface area contributed by atoms with Crippen molar-refractivity contribution in [2.24, 2.45) is 0 Å². The van der Waals surface area contributed by atoms with E-state index in [2.05, 4.69) is 13.5 Å². The fourth-order valence-electron chi connectivity index (χ4n) is 2.03. The number of rotatable bonds is 14. The molecule has 0 aliphatic heterocycles. The summed E-state index contributed by atoms with van der Waals surface area (Å²) in [5.74, 6) is 0.531. The third kappa shape index (κ3) is 23.7. The van der Waals surface area contributed by atoms with Crippen LogP contribution >= 0.6 is 11.6 Å². The zero-order chi connectivity index (χ0) is 18.6. The van der Waals surface area contributed by atoms with Crippen molar-refractivity contribution in [3.63, 3.8) is 0 Å². The summed E-state index contributed by atoms with van der Waals surface area (Å²) in [4.78, 5) is 12.7. The molecule has 0 aliphatic carbocycles. The van der Waals surface area contributed by atoms with E-state index in [1.165, 1.54) is 64.2 Å². The van der Waals surface area contributed by atoms with E-state index in [1.54, 1.807) is 6.92 Å². The Labute approximate surface area is 155 Å². The van der Waals surface area contributed by atoms with Gasteiger partial charge in [-0.25, -0.2) is 4.79 Å². The van der Waals surface area contributed by atoms with Gasteiger partial charge in [0.1, 0.15) is 6.61 Å². The molecule has 0 aliphatic rings. The maximum Gasteiger partial charge on any atom is 0.333 e. The quantitative estimate of drug-likeness (QED) is 0.169. The van der Waals surface area contributed by atoms with Gasteiger partial charge in [0.15, 0.2) is 0 Å². The highest BCUT2D eigenvalue weighted by atomic mass is 35.5. The van der Waals surface area contributed by atoms with Crippen LogP contribution in [0.4, 0.5) is 0 Å². The standard InChI is InChI=1S/C12H25Cl.C8H15NO2/c1-2-3-4-5-6-7-8-9-10-11-12-13;1-7(2)8(10)11-6-5-9(3)4/h2-12H2,1H3;1,5-6H2,2-4H3. The van der Waals surface area contributed by atoms with Gasteiger partial charge in [-0.2, -0.15) is 0 Å². The Morgan fingerprint density at radius 3 is 1.79 bits per heavy atom. The van der Waals surface area contributed by atoms with Gasteiger partial charge in [-0.15, -0.1) is 11.6 Å². The smallest absolute Gasteiger partial charge is 0.333 e. The lowest BCUT2D eigenvalue weighted by Crippen LogP contribution is -2.20. The van der Waals surface area contributed by atoms with Crippen LogP contribution in [0.2, 0.25) is 0 Å². The van der Waals surface area contributed by atoms with Crippen molar-refractivity contribution in [2.45, 2.75) is 78.1 Å². The lowest BCUT2D eigenvalue weighted by atomic mass is 10.1. The molecule has 0 aromatic carbocycles. The second-order valence-corrected chi connectivity index (χ2v) is 6.97. The van der Waals surface area contributed by atoms with E-state index in [9.17, 15) is 4.79 Å². The number of ether oxygens (including phenoxy) is 1. The molecule has 0 saturated heterocycles. The van der Waals surface area contributed by atoms with Crippen LogP contribution in [-0.4, -0.2) is 44.0 Å². The maximum atomic E-state index is 10.8. The number of esters is 1. The van der Waals surface area contributed by atoms with Crippen molar-refractivity contribution in [3.05, 3.63) is 12.2 Å². The second-order valence-electron chi connectivity index (χ2n) is 6.59. The van der Waals surface area contributed by atoms with Gasteiger partial charge in [-0.3, -0.25) is 0 Å². The first kappa shape index (κ1) is 25.7. The Kier molecular flexibility index (Phi) is 22.0. The van der Waals surface area contributed by atoms with Gasteiger partial charge in [-0.05, 0) is 27.4 Å². The number of alkyl halides is 1. The van der Waals surface area contributed by atoms with E-state index in [0.29, 0.717) is 12.2 Å². The summed E-state index contributed by atoms with van der Waals surface area (Å²) in [5, 5.41) is 0. The minimum absolute atomic E-state index is 0.313. The summed E-state index contributed by atoms with van der Waals surface area (Å²) in [7, 11) is 3.85. The topological polar surface area (TPSA) is 29.5 Å². The third-order valence-corrected chi connectivity index (χ3v) is 3.87. The predicted octanol–water partition coefficient (Wildman–Crippen LogP) is 5.81. The highest BCUT2D eigenvalue weighted by Gasteiger charge is 2.01. The van der Waals surface area contributed by atoms with Crippen LogP contribution in [0.5, 0.6) is 0 Å². The van der Waals surface area contributed by atoms with Crippen LogP contribution in [0.25, 0.3) is 0 Å². The Morgan fingerprint density at radius 2 is 1.42 bits per heavy atom. The zero-order valence-corrected chi connectivity index (χ0v) is 17.3. The number of carbonyl (C=O) groups is 1. The van der Waals surface area contributed by atoms with Crippen molar-refractivity contribution in [2.75, 3.05) is 33.1 Å². The molecular weight excluding hydrogens is 322 g/mol. The molecule has 0 saturated carbocycles. The number of unbranched alkanes of at least 4 members (excludes halogenated alkanes) is 9. The molecule has 0 fully saturated rings. The molecule has 0 N–H and O–H groups in total. The van der Waals surface area contributed by atoms with Gasteiger partial charge in [0.25, 0.3) is 0 Å². The van der Waals surface area contributed by atoms with E-state index in [1.807, 2.05) is 19.0 Å². The maximum absolute atomic E-state index is 10.8. The predicted molar refractivity (Wildman–Crippen MR) is 107 cm³/mol. The van der Waals surface area contributed by atoms with Crippen LogP contribution in [0.15, 0.2) is 12.2 Å². The van der Waals surface area contributed by atoms with Crippen molar-refractivity contribution < 1.29 is 9.53 Å². The molecule has 0 radical (unpaired) electrons. The third-order valence-electron chi connectivity index (χ3n) is 3.61. The van der Waals surface area contributed by atoms with Gasteiger partial charge in [-0.1, -0.05) is 71.3 Å². The minimum atomic E-state index is -0.313. The average Bonchev–Trinajstić information content (AvgIpc) is 2.53. The van der Waals surface area contributed by atoms with Crippen molar-refractivity contribution in [1.82, 2.24) is 4.90 Å². The summed E-state index contributed by atoms with van der Waals surface area (Å²) in [6.45, 7) is 8.55. The van der Waals surface area contributed by atoms with Crippen LogP contribution in [0.3, 0.4) is 0 Å². The molecule has 0 rings (SSSR count). The number of halogens is 1. The summed E-state index contributed by atoms with van der Waals surface area (Å²) in [6, 6.07) is 0. The SMILES string of the molecule is C=C(C)C(=O)OCCN(C)C.CCCCCCCCCCCCCl. The monoisotopic (exact) mass is 361 g/mol. The first-order valence-electron chi connectivity index (χ1n) is 9.49. The first-order valence-corrected chi connectivity index (χ1v) is 10.0. The molecule has 0 heterocycles. The highest BCUT2D eigenvalue weighted by molar-refractivity contribution is 6.17. The Morgan fingerprint density at radius 1 is 0.958 bits per heavy atom. The number of nitrogens with zero attached hydrogens (tertiary/aromatic N) is 1. The molecule has 0 atom stereocenters. The zero-order valence-electron chi connectivity index (χ0n) is 16.5. The molecule has 0 amide bonds. The normalized spacial score (nSPS) is 10.2. The van der Waals surface area contributed by atoms with Crippen molar-refractivity contribution in [3.8, 4) is 0 Å². The summed E-state index contributed by atoms with van der Waals surface area (Å²) in [5.41, 5.74) is 0.448. The molecule has 0 aromatic rings. The first-order chi connectivity index (χ1) is 11.5. The molecular formula is C20H40ClNO2. The van der Waals surface area contributed by atoms with Crippen LogP contribution in [0.1, 0.15) is 78.1 Å². The number of hydrogen-bond donors (Lipinski definition) is 0. The number of likely N-dealkylation sites (N-methyl/N-ethyl adjacent to an activating group) is 1. The van der Waals surface area contributed by atoms with Crippen LogP contribution in [-0.2, 0) is 9.53 Å². The van der Waals surface area contributed by atoms with E-state index in [4.69, 9.17) is 16.3 Å². The molecule has 24 heavy (non-hydrogen) atoms. The Balaban J connectivity index is 0. The highest BCUT2D eigenvalue weighted by Crippen LogP contribution is 2.10. The van der Waals surface area contributed by atoms with Crippen LogP contribution < -0.4 is 0 Å². The number of hydrogen-bond acceptors (Lipinski definition) is 3. The Hall–Kier alpha value is -0.540. The van der Waals surface area contributed by atoms with Gasteiger partial charge < -0.3 is 9.64 Å². The van der Waals surface area contributed by atoms with E-state index < -0.39 is 0 Å². The average molecular weight is 362 g/mol. The molecule has 4 heteroatoms. The molecule has 144 valence electrons. The molecule has 0 spiro atoms. The van der Waals surface area contributed by atoms with Gasteiger partial charge in [0.05, 0.1) is 0 Å². The Bertz CT molecular complexity index is 283. The van der Waals surface area contributed by atoms with Gasteiger partial charge >= 0.3 is 5.97 Å². The van der Waals surface area contributed by atoms with Crippen molar-refractivity contribution in [1.29, 1.82) is 0 Å². The largest absolute Gasteiger partial charge is 0.461 e. The fourth-order valence-corrected chi connectivity index (χ4v) is 2.22. The minimum Gasteiger partial charge on any atom is -0.461 e.